The Morgan fingerprint density at radius 2 is 1.81 bits per heavy atom. The molecule has 0 bridgehead atoms. The van der Waals surface area contributed by atoms with Crippen LogP contribution in [0.1, 0.15) is 11.1 Å². The van der Waals surface area contributed by atoms with Crippen LogP contribution < -0.4 is 15.2 Å². The standard InChI is InChI=1S/C23H16BrN3O5/c24-20-13-15(9-10-21(20)32-14-16-5-4-8-18(11-16)27(30)31)12-19-22(28)25-26(23(19)29)17-6-2-1-3-7-17/h1-13H,14H2,(H,25,28). The summed E-state index contributed by atoms with van der Waals surface area (Å²) in [5, 5.41) is 12.1. The SMILES string of the molecule is O=C1NN(c2ccccc2)C(=O)C1=Cc1ccc(OCc2cccc([N+](=O)[O-])c2)c(Br)c1. The fourth-order valence-corrected chi connectivity index (χ4v) is 3.64. The number of nitrogens with zero attached hydrogens (tertiary/aromatic N) is 2. The summed E-state index contributed by atoms with van der Waals surface area (Å²) >= 11 is 3.43. The van der Waals surface area contributed by atoms with Gasteiger partial charge in [0.05, 0.1) is 15.1 Å². The molecule has 1 aliphatic heterocycles. The molecule has 1 fully saturated rings. The molecule has 8 nitrogen and oxygen atoms in total. The van der Waals surface area contributed by atoms with E-state index < -0.39 is 16.7 Å². The van der Waals surface area contributed by atoms with Crippen molar-refractivity contribution < 1.29 is 19.2 Å². The van der Waals surface area contributed by atoms with E-state index in [-0.39, 0.29) is 17.9 Å². The van der Waals surface area contributed by atoms with E-state index in [1.807, 2.05) is 6.07 Å². The van der Waals surface area contributed by atoms with E-state index >= 15 is 0 Å². The monoisotopic (exact) mass is 493 g/mol. The maximum Gasteiger partial charge on any atom is 0.282 e. The number of anilines is 1. The summed E-state index contributed by atoms with van der Waals surface area (Å²) in [5.74, 6) is -0.406. The molecule has 4 rings (SSSR count). The van der Waals surface area contributed by atoms with Gasteiger partial charge >= 0.3 is 0 Å². The summed E-state index contributed by atoms with van der Waals surface area (Å²) in [6.07, 6.45) is 1.51. The predicted octanol–water partition coefficient (Wildman–Crippen LogP) is 4.40. The number of non-ortho nitro benzene ring substituents is 1. The number of nitro groups is 1. The van der Waals surface area contributed by atoms with Gasteiger partial charge in [-0.2, -0.15) is 0 Å². The van der Waals surface area contributed by atoms with E-state index in [1.54, 1.807) is 54.6 Å². The van der Waals surface area contributed by atoms with Gasteiger partial charge in [-0.3, -0.25) is 25.1 Å². The van der Waals surface area contributed by atoms with Crippen LogP contribution in [0.15, 0.2) is 82.8 Å². The van der Waals surface area contributed by atoms with Crippen LogP contribution in [-0.4, -0.2) is 16.7 Å². The number of carbonyl (C=O) groups is 2. The summed E-state index contributed by atoms with van der Waals surface area (Å²) in [5.41, 5.74) is 4.44. The third-order valence-electron chi connectivity index (χ3n) is 4.69. The highest BCUT2D eigenvalue weighted by Gasteiger charge is 2.34. The Kier molecular flexibility index (Phi) is 6.00. The summed E-state index contributed by atoms with van der Waals surface area (Å²) in [4.78, 5) is 35.5. The predicted molar refractivity (Wildman–Crippen MR) is 122 cm³/mol. The molecule has 0 spiro atoms. The van der Waals surface area contributed by atoms with Crippen LogP contribution in [-0.2, 0) is 16.2 Å². The summed E-state index contributed by atoms with van der Waals surface area (Å²) in [6, 6.07) is 20.2. The van der Waals surface area contributed by atoms with Gasteiger partial charge in [-0.1, -0.05) is 36.4 Å². The number of hydrogen-bond acceptors (Lipinski definition) is 5. The number of nitro benzene ring substituents is 1. The smallest absolute Gasteiger partial charge is 0.282 e. The molecular formula is C23H16BrN3O5. The Labute approximate surface area is 191 Å². The number of ether oxygens (including phenoxy) is 1. The highest BCUT2D eigenvalue weighted by molar-refractivity contribution is 9.10. The van der Waals surface area contributed by atoms with Gasteiger partial charge in [-0.15, -0.1) is 0 Å². The maximum atomic E-state index is 12.7. The van der Waals surface area contributed by atoms with E-state index in [0.717, 1.165) is 0 Å². The molecule has 3 aromatic carbocycles. The number of nitrogens with one attached hydrogen (secondary N) is 1. The normalized spacial score (nSPS) is 14.5. The van der Waals surface area contributed by atoms with Crippen molar-refractivity contribution in [3.63, 3.8) is 0 Å². The Hall–Kier alpha value is -3.98. The van der Waals surface area contributed by atoms with Crippen LogP contribution in [0, 0.1) is 10.1 Å². The Morgan fingerprint density at radius 3 is 2.53 bits per heavy atom. The number of rotatable bonds is 6. The maximum absolute atomic E-state index is 12.7. The van der Waals surface area contributed by atoms with Gasteiger partial charge in [0.2, 0.25) is 0 Å². The van der Waals surface area contributed by atoms with Crippen molar-refractivity contribution >= 4 is 45.2 Å². The second-order valence-corrected chi connectivity index (χ2v) is 7.73. The molecule has 2 amide bonds. The average molecular weight is 494 g/mol. The first-order chi connectivity index (χ1) is 15.4. The van der Waals surface area contributed by atoms with Crippen LogP contribution in [0.5, 0.6) is 5.75 Å². The van der Waals surface area contributed by atoms with Crippen LogP contribution in [0.4, 0.5) is 11.4 Å². The lowest BCUT2D eigenvalue weighted by Gasteiger charge is -2.13. The first kappa shape index (κ1) is 21.3. The van der Waals surface area contributed by atoms with Gasteiger partial charge in [0, 0.05) is 12.1 Å². The quantitative estimate of drug-likeness (QED) is 0.237. The Bertz CT molecular complexity index is 1240. The molecule has 0 saturated carbocycles. The number of hydrogen-bond donors (Lipinski definition) is 1. The fraction of sp³-hybridized carbons (Fsp3) is 0.0435. The number of hydrazine groups is 1. The van der Waals surface area contributed by atoms with Crippen molar-refractivity contribution in [1.82, 2.24) is 5.43 Å². The minimum absolute atomic E-state index is 0.00353. The van der Waals surface area contributed by atoms with Gasteiger partial charge in [0.25, 0.3) is 17.5 Å². The van der Waals surface area contributed by atoms with Crippen molar-refractivity contribution in [2.45, 2.75) is 6.61 Å². The highest BCUT2D eigenvalue weighted by atomic mass is 79.9. The Balaban J connectivity index is 1.49. The fourth-order valence-electron chi connectivity index (χ4n) is 3.13. The summed E-state index contributed by atoms with van der Waals surface area (Å²) < 4.78 is 6.37. The molecule has 32 heavy (non-hydrogen) atoms. The minimum Gasteiger partial charge on any atom is -0.488 e. The van der Waals surface area contributed by atoms with Gasteiger partial charge in [0.15, 0.2) is 0 Å². The van der Waals surface area contributed by atoms with Crippen molar-refractivity contribution in [2.24, 2.45) is 0 Å². The van der Waals surface area contributed by atoms with Crippen molar-refractivity contribution in [1.29, 1.82) is 0 Å². The number of carbonyl (C=O) groups excluding carboxylic acids is 2. The van der Waals surface area contributed by atoms with Gasteiger partial charge in [-0.05, 0) is 57.4 Å². The highest BCUT2D eigenvalue weighted by Crippen LogP contribution is 2.29. The third-order valence-corrected chi connectivity index (χ3v) is 5.31. The van der Waals surface area contributed by atoms with Crippen molar-refractivity contribution in [3.8, 4) is 5.75 Å². The van der Waals surface area contributed by atoms with Gasteiger partial charge in [-0.25, -0.2) is 5.01 Å². The zero-order valence-corrected chi connectivity index (χ0v) is 18.1. The molecule has 0 atom stereocenters. The summed E-state index contributed by atoms with van der Waals surface area (Å²) in [7, 11) is 0. The molecule has 160 valence electrons. The number of halogens is 1. The first-order valence-corrected chi connectivity index (χ1v) is 10.3. The molecular weight excluding hydrogens is 478 g/mol. The van der Waals surface area contributed by atoms with Gasteiger partial charge < -0.3 is 4.74 Å². The number of para-hydroxylation sites is 1. The van der Waals surface area contributed by atoms with Crippen LogP contribution in [0.25, 0.3) is 6.08 Å². The van der Waals surface area contributed by atoms with Crippen LogP contribution in [0.2, 0.25) is 0 Å². The molecule has 1 aliphatic rings. The molecule has 0 radical (unpaired) electrons. The second kappa shape index (κ2) is 9.03. The molecule has 1 N–H and O–H groups in total. The largest absolute Gasteiger partial charge is 0.488 e. The number of amides is 2. The molecule has 0 aromatic heterocycles. The molecule has 0 aliphatic carbocycles. The summed E-state index contributed by atoms with van der Waals surface area (Å²) in [6.45, 7) is 0.146. The minimum atomic E-state index is -0.485. The van der Waals surface area contributed by atoms with E-state index in [1.165, 1.54) is 23.2 Å². The second-order valence-electron chi connectivity index (χ2n) is 6.88. The topological polar surface area (TPSA) is 102 Å². The van der Waals surface area contributed by atoms with Crippen LogP contribution in [0.3, 0.4) is 0 Å². The van der Waals surface area contributed by atoms with Gasteiger partial charge in [0.1, 0.15) is 17.9 Å². The molecule has 0 unspecified atom stereocenters. The van der Waals surface area contributed by atoms with Crippen molar-refractivity contribution in [2.75, 3.05) is 5.01 Å². The lowest BCUT2D eigenvalue weighted by Crippen LogP contribution is -2.35. The lowest BCUT2D eigenvalue weighted by atomic mass is 10.1. The van der Waals surface area contributed by atoms with E-state index in [2.05, 4.69) is 21.4 Å². The lowest BCUT2D eigenvalue weighted by molar-refractivity contribution is -0.384. The molecule has 3 aromatic rings. The zero-order chi connectivity index (χ0) is 22.7. The third kappa shape index (κ3) is 4.52. The van der Waals surface area contributed by atoms with Crippen LogP contribution >= 0.6 is 15.9 Å². The zero-order valence-electron chi connectivity index (χ0n) is 16.5. The first-order valence-electron chi connectivity index (χ1n) is 9.50. The van der Waals surface area contributed by atoms with E-state index in [9.17, 15) is 19.7 Å². The Morgan fingerprint density at radius 1 is 1.03 bits per heavy atom. The molecule has 1 heterocycles. The molecule has 9 heteroatoms. The average Bonchev–Trinajstić information content (AvgIpc) is 3.07. The van der Waals surface area contributed by atoms with E-state index in [0.29, 0.717) is 27.0 Å². The van der Waals surface area contributed by atoms with E-state index in [4.69, 9.17) is 4.74 Å². The number of benzene rings is 3. The van der Waals surface area contributed by atoms with Crippen molar-refractivity contribution in [3.05, 3.63) is 104 Å². The molecule has 1 saturated heterocycles.